The van der Waals surface area contributed by atoms with E-state index < -0.39 is 29.1 Å². The lowest BCUT2D eigenvalue weighted by molar-refractivity contribution is -0.142. The molecule has 0 aliphatic carbocycles. The molecule has 0 aliphatic heterocycles. The number of carbonyl (C=O) groups excluding carboxylic acids is 2. The van der Waals surface area contributed by atoms with Crippen LogP contribution in [-0.4, -0.2) is 44.7 Å². The molecule has 8 heteroatoms. The van der Waals surface area contributed by atoms with Crippen molar-refractivity contribution in [3.63, 3.8) is 0 Å². The third-order valence-electron chi connectivity index (χ3n) is 4.31. The molecule has 3 aromatic carbocycles. The standard InChI is InChI=1S/C21H18ClNO5S/c1-23(29(26,27)19-10-8-18(22)9-11-19)13-21(25)28-14-20(24)17-7-6-15-4-2-3-5-16(15)12-17/h2-12H,13-14H2,1H3. The highest BCUT2D eigenvalue weighted by Crippen LogP contribution is 2.18. The number of likely N-dealkylation sites (N-methyl/N-ethyl adjacent to an activating group) is 1. The third-order valence-corrected chi connectivity index (χ3v) is 6.38. The molecule has 0 unspecified atom stereocenters. The summed E-state index contributed by atoms with van der Waals surface area (Å²) in [5.41, 5.74) is 0.415. The van der Waals surface area contributed by atoms with E-state index in [1.54, 1.807) is 12.1 Å². The largest absolute Gasteiger partial charge is 0.456 e. The van der Waals surface area contributed by atoms with Crippen molar-refractivity contribution in [2.75, 3.05) is 20.2 Å². The number of fused-ring (bicyclic) bond motifs is 1. The van der Waals surface area contributed by atoms with E-state index in [2.05, 4.69) is 0 Å². The smallest absolute Gasteiger partial charge is 0.321 e. The zero-order valence-corrected chi connectivity index (χ0v) is 17.1. The van der Waals surface area contributed by atoms with Crippen molar-refractivity contribution in [1.82, 2.24) is 4.31 Å². The summed E-state index contributed by atoms with van der Waals surface area (Å²) in [5.74, 6) is -1.19. The molecular formula is C21H18ClNO5S. The number of benzene rings is 3. The molecule has 0 amide bonds. The van der Waals surface area contributed by atoms with E-state index in [9.17, 15) is 18.0 Å². The van der Waals surface area contributed by atoms with Crippen LogP contribution in [0.1, 0.15) is 10.4 Å². The molecule has 150 valence electrons. The SMILES string of the molecule is CN(CC(=O)OCC(=O)c1ccc2ccccc2c1)S(=O)(=O)c1ccc(Cl)cc1. The van der Waals surface area contributed by atoms with Gasteiger partial charge in [-0.3, -0.25) is 9.59 Å². The van der Waals surface area contributed by atoms with E-state index in [0.717, 1.165) is 15.1 Å². The van der Waals surface area contributed by atoms with Crippen molar-refractivity contribution >= 4 is 44.1 Å². The van der Waals surface area contributed by atoms with Gasteiger partial charge in [0, 0.05) is 17.6 Å². The second kappa shape index (κ2) is 8.73. The van der Waals surface area contributed by atoms with Crippen molar-refractivity contribution in [3.05, 3.63) is 77.3 Å². The quantitative estimate of drug-likeness (QED) is 0.422. The maximum absolute atomic E-state index is 12.5. The Morgan fingerprint density at radius 3 is 2.31 bits per heavy atom. The highest BCUT2D eigenvalue weighted by atomic mass is 35.5. The predicted octanol–water partition coefficient (Wildman–Crippen LogP) is 3.54. The molecule has 3 aromatic rings. The summed E-state index contributed by atoms with van der Waals surface area (Å²) in [6.45, 7) is -0.984. The fourth-order valence-electron chi connectivity index (χ4n) is 2.69. The molecule has 3 rings (SSSR count). The van der Waals surface area contributed by atoms with Gasteiger partial charge in [0.1, 0.15) is 6.54 Å². The molecule has 0 fully saturated rings. The zero-order chi connectivity index (χ0) is 21.0. The summed E-state index contributed by atoms with van der Waals surface area (Å²) in [5, 5.41) is 2.30. The minimum atomic E-state index is -3.88. The summed E-state index contributed by atoms with van der Waals surface area (Å²) < 4.78 is 30.8. The molecule has 0 radical (unpaired) electrons. The second-order valence-electron chi connectivity index (χ2n) is 6.36. The average molecular weight is 432 g/mol. The Labute approximate surface area is 173 Å². The van der Waals surface area contributed by atoms with E-state index >= 15 is 0 Å². The lowest BCUT2D eigenvalue weighted by Gasteiger charge is -2.16. The van der Waals surface area contributed by atoms with Gasteiger partial charge in [0.25, 0.3) is 0 Å². The summed E-state index contributed by atoms with van der Waals surface area (Å²) in [6.07, 6.45) is 0. The first-order valence-corrected chi connectivity index (χ1v) is 10.5. The molecule has 0 atom stereocenters. The van der Waals surface area contributed by atoms with E-state index in [1.165, 1.54) is 31.3 Å². The fourth-order valence-corrected chi connectivity index (χ4v) is 3.93. The Balaban J connectivity index is 1.59. The van der Waals surface area contributed by atoms with Gasteiger partial charge in [-0.25, -0.2) is 8.42 Å². The first-order chi connectivity index (χ1) is 13.8. The van der Waals surface area contributed by atoms with E-state index in [1.807, 2.05) is 30.3 Å². The van der Waals surface area contributed by atoms with Crippen LogP contribution in [-0.2, 0) is 19.6 Å². The van der Waals surface area contributed by atoms with Gasteiger partial charge in [0.15, 0.2) is 12.4 Å². The van der Waals surface area contributed by atoms with E-state index in [4.69, 9.17) is 16.3 Å². The number of esters is 1. The minimum Gasteiger partial charge on any atom is -0.456 e. The molecule has 0 heterocycles. The van der Waals surface area contributed by atoms with Gasteiger partial charge in [-0.05, 0) is 41.1 Å². The predicted molar refractivity (Wildman–Crippen MR) is 111 cm³/mol. The molecule has 0 saturated heterocycles. The second-order valence-corrected chi connectivity index (χ2v) is 8.84. The number of carbonyl (C=O) groups is 2. The van der Waals surface area contributed by atoms with Crippen molar-refractivity contribution in [2.45, 2.75) is 4.90 Å². The molecule has 6 nitrogen and oxygen atoms in total. The minimum absolute atomic E-state index is 0.00411. The summed E-state index contributed by atoms with van der Waals surface area (Å²) in [4.78, 5) is 24.3. The lowest BCUT2D eigenvalue weighted by Crippen LogP contribution is -2.33. The number of hydrogen-bond donors (Lipinski definition) is 0. The first kappa shape index (κ1) is 21.0. The van der Waals surface area contributed by atoms with E-state index in [-0.39, 0.29) is 10.7 Å². The Morgan fingerprint density at radius 1 is 0.966 bits per heavy atom. The van der Waals surface area contributed by atoms with Gasteiger partial charge in [0.2, 0.25) is 10.0 Å². The number of Topliss-reactive ketones (excluding diaryl/α,β-unsaturated/α-hetero) is 1. The lowest BCUT2D eigenvalue weighted by atomic mass is 10.0. The highest BCUT2D eigenvalue weighted by Gasteiger charge is 2.24. The van der Waals surface area contributed by atoms with Crippen LogP contribution >= 0.6 is 11.6 Å². The van der Waals surface area contributed by atoms with Crippen LogP contribution in [0, 0.1) is 0 Å². The summed E-state index contributed by atoms with van der Waals surface area (Å²) in [7, 11) is -2.62. The van der Waals surface area contributed by atoms with Crippen molar-refractivity contribution in [1.29, 1.82) is 0 Å². The van der Waals surface area contributed by atoms with Gasteiger partial charge in [0.05, 0.1) is 4.90 Å². The van der Waals surface area contributed by atoms with Crippen LogP contribution in [0.25, 0.3) is 10.8 Å². The van der Waals surface area contributed by atoms with Crippen LogP contribution < -0.4 is 0 Å². The molecular weight excluding hydrogens is 414 g/mol. The normalized spacial score (nSPS) is 11.6. The molecule has 0 saturated carbocycles. The van der Waals surface area contributed by atoms with Crippen molar-refractivity contribution in [3.8, 4) is 0 Å². The number of hydrogen-bond acceptors (Lipinski definition) is 5. The topological polar surface area (TPSA) is 80.8 Å². The maximum Gasteiger partial charge on any atom is 0.321 e. The summed E-state index contributed by atoms with van der Waals surface area (Å²) >= 11 is 5.76. The van der Waals surface area contributed by atoms with Crippen LogP contribution in [0.4, 0.5) is 0 Å². The Hall–Kier alpha value is -2.74. The number of ether oxygens (including phenoxy) is 1. The molecule has 0 bridgehead atoms. The summed E-state index contributed by atoms with van der Waals surface area (Å²) in [6, 6.07) is 18.4. The molecule has 0 aromatic heterocycles. The third kappa shape index (κ3) is 5.00. The van der Waals surface area contributed by atoms with Gasteiger partial charge < -0.3 is 4.74 Å². The average Bonchev–Trinajstić information content (AvgIpc) is 2.71. The van der Waals surface area contributed by atoms with Crippen molar-refractivity contribution < 1.29 is 22.7 Å². The van der Waals surface area contributed by atoms with Crippen LogP contribution in [0.3, 0.4) is 0 Å². The van der Waals surface area contributed by atoms with Crippen LogP contribution in [0.2, 0.25) is 5.02 Å². The van der Waals surface area contributed by atoms with E-state index in [0.29, 0.717) is 10.6 Å². The Kier molecular flexibility index (Phi) is 6.32. The number of nitrogens with zero attached hydrogens (tertiary/aromatic N) is 1. The Morgan fingerprint density at radius 2 is 1.62 bits per heavy atom. The van der Waals surface area contributed by atoms with Gasteiger partial charge >= 0.3 is 5.97 Å². The fraction of sp³-hybridized carbons (Fsp3) is 0.143. The number of ketones is 1. The number of halogens is 1. The van der Waals surface area contributed by atoms with Crippen molar-refractivity contribution in [2.24, 2.45) is 0 Å². The van der Waals surface area contributed by atoms with Gasteiger partial charge in [-0.1, -0.05) is 48.0 Å². The maximum atomic E-state index is 12.5. The van der Waals surface area contributed by atoms with Gasteiger partial charge in [-0.15, -0.1) is 0 Å². The number of sulfonamides is 1. The molecule has 0 N–H and O–H groups in total. The van der Waals surface area contributed by atoms with Crippen LogP contribution in [0.5, 0.6) is 0 Å². The number of rotatable bonds is 7. The highest BCUT2D eigenvalue weighted by molar-refractivity contribution is 7.89. The molecule has 0 spiro atoms. The Bertz CT molecular complexity index is 1160. The monoisotopic (exact) mass is 431 g/mol. The first-order valence-electron chi connectivity index (χ1n) is 8.67. The van der Waals surface area contributed by atoms with Gasteiger partial charge in [-0.2, -0.15) is 4.31 Å². The van der Waals surface area contributed by atoms with Crippen LogP contribution in [0.15, 0.2) is 71.6 Å². The molecule has 29 heavy (non-hydrogen) atoms. The zero-order valence-electron chi connectivity index (χ0n) is 15.5. The molecule has 0 aliphatic rings.